The molecule has 8 nitrogen and oxygen atoms in total. The zero-order valence-corrected chi connectivity index (χ0v) is 20.0. The van der Waals surface area contributed by atoms with Gasteiger partial charge >= 0.3 is 5.97 Å². The van der Waals surface area contributed by atoms with Crippen molar-refractivity contribution in [2.45, 2.75) is 5.60 Å². The molecule has 2 N–H and O–H groups in total. The molecule has 0 radical (unpaired) electrons. The number of aliphatic hydroxyl groups excluding tert-OH is 1. The van der Waals surface area contributed by atoms with E-state index in [9.17, 15) is 15.0 Å². The van der Waals surface area contributed by atoms with Crippen molar-refractivity contribution in [3.8, 4) is 23.0 Å². The molecular formula is C27H28O8. The van der Waals surface area contributed by atoms with Gasteiger partial charge in [0.15, 0.2) is 23.0 Å². The molecule has 35 heavy (non-hydrogen) atoms. The predicted molar refractivity (Wildman–Crippen MR) is 130 cm³/mol. The number of rotatable bonds is 10. The van der Waals surface area contributed by atoms with Crippen LogP contribution in [0.2, 0.25) is 0 Å². The largest absolute Gasteiger partial charge is 0.515 e. The van der Waals surface area contributed by atoms with E-state index in [2.05, 4.69) is 0 Å². The van der Waals surface area contributed by atoms with E-state index in [0.29, 0.717) is 34.1 Å². The summed E-state index contributed by atoms with van der Waals surface area (Å²) in [6.07, 6.45) is 0.870. The number of ether oxygens (including phenoxy) is 5. The van der Waals surface area contributed by atoms with Gasteiger partial charge in [-0.25, -0.2) is 4.79 Å². The Bertz CT molecular complexity index is 1130. The first-order chi connectivity index (χ1) is 16.9. The highest BCUT2D eigenvalue weighted by Crippen LogP contribution is 2.40. The Morgan fingerprint density at radius 2 is 1.26 bits per heavy atom. The molecular weight excluding hydrogens is 452 g/mol. The summed E-state index contributed by atoms with van der Waals surface area (Å²) in [5, 5.41) is 21.6. The molecule has 0 atom stereocenters. The van der Waals surface area contributed by atoms with Crippen molar-refractivity contribution >= 4 is 11.5 Å². The first-order valence-electron chi connectivity index (χ1n) is 10.7. The maximum absolute atomic E-state index is 13.5. The van der Waals surface area contributed by atoms with Gasteiger partial charge in [-0.1, -0.05) is 42.5 Å². The van der Waals surface area contributed by atoms with Gasteiger partial charge in [-0.15, -0.1) is 0 Å². The normalized spacial score (nSPS) is 11.5. The second kappa shape index (κ2) is 11.3. The Morgan fingerprint density at radius 3 is 1.69 bits per heavy atom. The minimum Gasteiger partial charge on any atom is -0.515 e. The predicted octanol–water partition coefficient (Wildman–Crippen LogP) is 4.10. The van der Waals surface area contributed by atoms with Crippen LogP contribution in [-0.4, -0.2) is 51.2 Å². The molecule has 0 fully saturated rings. The van der Waals surface area contributed by atoms with Crippen molar-refractivity contribution in [3.05, 3.63) is 89.7 Å². The Balaban J connectivity index is 2.07. The molecule has 0 saturated carbocycles. The number of methoxy groups -OCH3 is 4. The number of hydrogen-bond donors (Lipinski definition) is 2. The van der Waals surface area contributed by atoms with E-state index in [1.54, 1.807) is 48.5 Å². The molecule has 0 amide bonds. The second-order valence-corrected chi connectivity index (χ2v) is 7.45. The van der Waals surface area contributed by atoms with Crippen molar-refractivity contribution in [3.63, 3.8) is 0 Å². The van der Waals surface area contributed by atoms with E-state index < -0.39 is 11.6 Å². The molecule has 0 saturated heterocycles. The van der Waals surface area contributed by atoms with Crippen LogP contribution in [0.15, 0.2) is 73.0 Å². The van der Waals surface area contributed by atoms with Crippen LogP contribution in [0.25, 0.3) is 5.57 Å². The van der Waals surface area contributed by atoms with Crippen LogP contribution in [-0.2, 0) is 15.1 Å². The van der Waals surface area contributed by atoms with Crippen LogP contribution in [0.5, 0.6) is 23.0 Å². The third-order valence-electron chi connectivity index (χ3n) is 5.56. The molecule has 0 unspecified atom stereocenters. The summed E-state index contributed by atoms with van der Waals surface area (Å²) in [5.74, 6) is 0.517. The van der Waals surface area contributed by atoms with Crippen molar-refractivity contribution < 1.29 is 38.7 Å². The minimum absolute atomic E-state index is 0.182. The van der Waals surface area contributed by atoms with Gasteiger partial charge in [-0.05, 0) is 29.8 Å². The monoisotopic (exact) mass is 480 g/mol. The van der Waals surface area contributed by atoms with Gasteiger partial charge in [-0.2, -0.15) is 0 Å². The van der Waals surface area contributed by atoms with Gasteiger partial charge in [-0.3, -0.25) is 0 Å². The van der Waals surface area contributed by atoms with Crippen molar-refractivity contribution in [1.82, 2.24) is 0 Å². The molecule has 3 rings (SSSR count). The number of hydrogen-bond acceptors (Lipinski definition) is 8. The number of carbonyl (C=O) groups is 1. The first kappa shape index (κ1) is 25.5. The van der Waals surface area contributed by atoms with Gasteiger partial charge in [0.25, 0.3) is 0 Å². The molecule has 8 heteroatoms. The summed E-state index contributed by atoms with van der Waals surface area (Å²) in [6, 6.07) is 18.2. The number of benzene rings is 3. The third-order valence-corrected chi connectivity index (χ3v) is 5.56. The first-order valence-corrected chi connectivity index (χ1v) is 10.7. The summed E-state index contributed by atoms with van der Waals surface area (Å²) in [6.45, 7) is -0.276. The van der Waals surface area contributed by atoms with Crippen molar-refractivity contribution in [2.75, 3.05) is 35.0 Å². The maximum Gasteiger partial charge on any atom is 0.348 e. The molecule has 0 aliphatic heterocycles. The lowest BCUT2D eigenvalue weighted by Crippen LogP contribution is -2.39. The van der Waals surface area contributed by atoms with Gasteiger partial charge in [0, 0.05) is 16.7 Å². The highest BCUT2D eigenvalue weighted by atomic mass is 16.6. The molecule has 184 valence electrons. The third kappa shape index (κ3) is 5.17. The highest BCUT2D eigenvalue weighted by Gasteiger charge is 2.43. The lowest BCUT2D eigenvalue weighted by atomic mass is 9.85. The fourth-order valence-corrected chi connectivity index (χ4v) is 3.62. The van der Waals surface area contributed by atoms with E-state index in [-0.39, 0.29) is 17.7 Å². The fraction of sp³-hybridized carbons (Fsp3) is 0.222. The van der Waals surface area contributed by atoms with Gasteiger partial charge in [0.1, 0.15) is 6.61 Å². The quantitative estimate of drug-likeness (QED) is 0.330. The molecule has 3 aromatic carbocycles. The summed E-state index contributed by atoms with van der Waals surface area (Å²) in [4.78, 5) is 13.5. The molecule has 0 aromatic heterocycles. The summed E-state index contributed by atoms with van der Waals surface area (Å²) < 4.78 is 26.8. The van der Waals surface area contributed by atoms with Crippen LogP contribution in [0.3, 0.4) is 0 Å². The highest BCUT2D eigenvalue weighted by molar-refractivity contribution is 5.87. The zero-order valence-electron chi connectivity index (χ0n) is 20.0. The molecule has 3 aromatic rings. The smallest absolute Gasteiger partial charge is 0.348 e. The average Bonchev–Trinajstić information content (AvgIpc) is 2.92. The van der Waals surface area contributed by atoms with E-state index in [1.165, 1.54) is 40.6 Å². The number of aliphatic hydroxyl groups is 2. The van der Waals surface area contributed by atoms with Gasteiger partial charge in [0.05, 0.1) is 34.7 Å². The number of carbonyl (C=O) groups excluding carboxylic acids is 1. The fourth-order valence-electron chi connectivity index (χ4n) is 3.62. The average molecular weight is 481 g/mol. The summed E-state index contributed by atoms with van der Waals surface area (Å²) in [7, 11) is 5.87. The van der Waals surface area contributed by atoms with Crippen LogP contribution < -0.4 is 18.9 Å². The van der Waals surface area contributed by atoms with Crippen LogP contribution >= 0.6 is 0 Å². The Morgan fingerprint density at radius 1 is 0.771 bits per heavy atom. The Kier molecular flexibility index (Phi) is 8.22. The van der Waals surface area contributed by atoms with Crippen molar-refractivity contribution in [2.24, 2.45) is 0 Å². The van der Waals surface area contributed by atoms with Crippen LogP contribution in [0, 0.1) is 0 Å². The second-order valence-electron chi connectivity index (χ2n) is 7.45. The van der Waals surface area contributed by atoms with Gasteiger partial charge in [0.2, 0.25) is 5.60 Å². The molecule has 0 spiro atoms. The molecule has 0 heterocycles. The standard InChI is InChI=1S/C27H28O8/c1-31-22-12-10-20(14-24(22)33-3)27(30,21-11-13-23(32-2)25(15-21)34-4)26(29)35-17-19(16-28)18-8-6-5-7-9-18/h5-16,28,30H,17H2,1-4H3. The maximum atomic E-state index is 13.5. The van der Waals surface area contributed by atoms with Crippen LogP contribution in [0.4, 0.5) is 0 Å². The summed E-state index contributed by atoms with van der Waals surface area (Å²) in [5.41, 5.74) is -0.858. The lowest BCUT2D eigenvalue weighted by Gasteiger charge is -2.28. The number of esters is 1. The Hall–Kier alpha value is -4.17. The SMILES string of the molecule is COc1ccc(C(O)(C(=O)OCC(=CO)c2ccccc2)c2ccc(OC)c(OC)c2)cc1OC. The van der Waals surface area contributed by atoms with Crippen molar-refractivity contribution in [1.29, 1.82) is 0 Å². The molecule has 0 aliphatic carbocycles. The lowest BCUT2D eigenvalue weighted by molar-refractivity contribution is -0.160. The molecule has 0 bridgehead atoms. The van der Waals surface area contributed by atoms with Gasteiger partial charge < -0.3 is 33.9 Å². The van der Waals surface area contributed by atoms with Crippen LogP contribution in [0.1, 0.15) is 16.7 Å². The van der Waals surface area contributed by atoms with E-state index in [1.807, 2.05) is 6.07 Å². The molecule has 0 aliphatic rings. The topological polar surface area (TPSA) is 104 Å². The Labute approximate surface area is 203 Å². The zero-order chi connectivity index (χ0) is 25.4. The van der Waals surface area contributed by atoms with E-state index in [4.69, 9.17) is 23.7 Å². The van der Waals surface area contributed by atoms with E-state index in [0.717, 1.165) is 6.26 Å². The summed E-state index contributed by atoms with van der Waals surface area (Å²) >= 11 is 0. The van der Waals surface area contributed by atoms with E-state index >= 15 is 0 Å². The minimum atomic E-state index is -2.25.